The molecule has 3 saturated heterocycles. The van der Waals surface area contributed by atoms with Crippen molar-refractivity contribution in [2.75, 3.05) is 24.5 Å². The van der Waals surface area contributed by atoms with Gasteiger partial charge in [-0.25, -0.2) is 0 Å². The van der Waals surface area contributed by atoms with Crippen LogP contribution in [-0.2, 0) is 6.54 Å². The summed E-state index contributed by atoms with van der Waals surface area (Å²) in [6, 6.07) is 19.9. The molecule has 3 aliphatic heterocycles. The van der Waals surface area contributed by atoms with Crippen LogP contribution in [0.2, 0.25) is 5.02 Å². The van der Waals surface area contributed by atoms with Crippen molar-refractivity contribution in [3.63, 3.8) is 0 Å². The minimum absolute atomic E-state index is 0.657. The predicted molar refractivity (Wildman–Crippen MR) is 97.0 cm³/mol. The summed E-state index contributed by atoms with van der Waals surface area (Å²) in [6.45, 7) is 4.61. The molecule has 0 spiro atoms. The van der Waals surface area contributed by atoms with E-state index < -0.39 is 0 Å². The van der Waals surface area contributed by atoms with Gasteiger partial charge in [0.1, 0.15) is 0 Å². The monoisotopic (exact) mass is 326 g/mol. The Hall–Kier alpha value is -1.51. The number of hydrogen-bond acceptors (Lipinski definition) is 2. The van der Waals surface area contributed by atoms with Crippen LogP contribution in [0, 0.1) is 5.92 Å². The second-order valence-electron chi connectivity index (χ2n) is 6.89. The van der Waals surface area contributed by atoms with E-state index in [1.807, 2.05) is 12.1 Å². The number of nitrogens with zero attached hydrogens (tertiary/aromatic N) is 2. The van der Waals surface area contributed by atoms with Crippen LogP contribution in [0.15, 0.2) is 54.6 Å². The van der Waals surface area contributed by atoms with E-state index in [1.165, 1.54) is 37.2 Å². The van der Waals surface area contributed by atoms with Gasteiger partial charge in [0.05, 0.1) is 0 Å². The van der Waals surface area contributed by atoms with Gasteiger partial charge < -0.3 is 4.90 Å². The van der Waals surface area contributed by atoms with Crippen molar-refractivity contribution in [3.05, 3.63) is 65.2 Å². The Labute approximate surface area is 143 Å². The lowest BCUT2D eigenvalue weighted by atomic mass is 9.94. The normalized spacial score (nSPS) is 24.7. The predicted octanol–water partition coefficient (Wildman–Crippen LogP) is 4.44. The van der Waals surface area contributed by atoms with Crippen LogP contribution in [0.4, 0.5) is 5.69 Å². The van der Waals surface area contributed by atoms with Crippen molar-refractivity contribution in [1.29, 1.82) is 0 Å². The molecule has 0 amide bonds. The second kappa shape index (κ2) is 6.54. The minimum atomic E-state index is 0.657. The number of rotatable bonds is 3. The smallest absolute Gasteiger partial charge is 0.0407 e. The highest BCUT2D eigenvalue weighted by Gasteiger charge is 2.34. The van der Waals surface area contributed by atoms with E-state index in [1.54, 1.807) is 0 Å². The first-order valence-electron chi connectivity index (χ1n) is 8.56. The molecule has 3 fully saturated rings. The van der Waals surface area contributed by atoms with Crippen LogP contribution in [0.25, 0.3) is 0 Å². The van der Waals surface area contributed by atoms with Crippen LogP contribution >= 0.6 is 11.6 Å². The van der Waals surface area contributed by atoms with E-state index >= 15 is 0 Å². The Morgan fingerprint density at radius 1 is 0.870 bits per heavy atom. The molecular weight excluding hydrogens is 304 g/mol. The number of hydrogen-bond donors (Lipinski definition) is 0. The fraction of sp³-hybridized carbons (Fsp3) is 0.400. The second-order valence-corrected chi connectivity index (χ2v) is 7.33. The summed E-state index contributed by atoms with van der Waals surface area (Å²) < 4.78 is 0. The summed E-state index contributed by atoms with van der Waals surface area (Å²) in [5.74, 6) is 0.771. The fourth-order valence-electron chi connectivity index (χ4n) is 4.05. The van der Waals surface area contributed by atoms with Gasteiger partial charge in [0.25, 0.3) is 0 Å². The SMILES string of the molecule is Clc1ccc(N2CC3CCC(C2)N(Cc2ccccc2)C3)cc1. The Kier molecular flexibility index (Phi) is 4.28. The van der Waals surface area contributed by atoms with Crippen LogP contribution in [-0.4, -0.2) is 30.6 Å². The molecular formula is C20H23ClN2. The molecule has 3 heteroatoms. The van der Waals surface area contributed by atoms with Crippen molar-refractivity contribution in [3.8, 4) is 0 Å². The minimum Gasteiger partial charge on any atom is -0.370 e. The molecule has 0 aliphatic carbocycles. The van der Waals surface area contributed by atoms with Crippen molar-refractivity contribution >= 4 is 17.3 Å². The molecule has 0 radical (unpaired) electrons. The van der Waals surface area contributed by atoms with Crippen molar-refractivity contribution in [1.82, 2.24) is 4.90 Å². The van der Waals surface area contributed by atoms with Crippen LogP contribution in [0.5, 0.6) is 0 Å². The van der Waals surface area contributed by atoms with Gasteiger partial charge in [-0.3, -0.25) is 4.90 Å². The highest BCUT2D eigenvalue weighted by molar-refractivity contribution is 6.30. The molecule has 3 heterocycles. The van der Waals surface area contributed by atoms with E-state index in [2.05, 4.69) is 52.3 Å². The maximum atomic E-state index is 6.04. The van der Waals surface area contributed by atoms with Crippen LogP contribution in [0.3, 0.4) is 0 Å². The Morgan fingerprint density at radius 2 is 1.65 bits per heavy atom. The summed E-state index contributed by atoms with van der Waals surface area (Å²) >= 11 is 6.04. The van der Waals surface area contributed by atoms with Crippen LogP contribution < -0.4 is 4.90 Å². The van der Waals surface area contributed by atoms with E-state index in [0.29, 0.717) is 6.04 Å². The first-order chi connectivity index (χ1) is 11.3. The highest BCUT2D eigenvalue weighted by atomic mass is 35.5. The largest absolute Gasteiger partial charge is 0.370 e. The first kappa shape index (κ1) is 15.0. The summed E-state index contributed by atoms with van der Waals surface area (Å²) in [4.78, 5) is 5.25. The molecule has 2 nitrogen and oxygen atoms in total. The topological polar surface area (TPSA) is 6.48 Å². The molecule has 2 atom stereocenters. The van der Waals surface area contributed by atoms with Gasteiger partial charge in [-0.15, -0.1) is 0 Å². The lowest BCUT2D eigenvalue weighted by Gasteiger charge is -2.36. The van der Waals surface area contributed by atoms with Gasteiger partial charge in [0, 0.05) is 42.9 Å². The standard InChI is InChI=1S/C20H23ClN2/c21-18-7-10-19(11-8-18)23-14-17-6-9-20(15-23)22(13-17)12-16-4-2-1-3-5-16/h1-5,7-8,10-11,17,20H,6,9,12-15H2. The Morgan fingerprint density at radius 3 is 2.43 bits per heavy atom. The molecule has 120 valence electrons. The average molecular weight is 327 g/mol. The molecule has 0 aromatic heterocycles. The van der Waals surface area contributed by atoms with E-state index in [-0.39, 0.29) is 0 Å². The molecule has 2 aromatic carbocycles. The van der Waals surface area contributed by atoms with Gasteiger partial charge in [-0.05, 0) is 48.6 Å². The zero-order chi connectivity index (χ0) is 15.6. The average Bonchev–Trinajstić information content (AvgIpc) is 2.88. The van der Waals surface area contributed by atoms with E-state index in [0.717, 1.165) is 24.0 Å². The molecule has 5 rings (SSSR count). The number of benzene rings is 2. The number of halogens is 1. The summed E-state index contributed by atoms with van der Waals surface area (Å²) in [6.07, 6.45) is 2.68. The van der Waals surface area contributed by atoms with Gasteiger partial charge in [-0.2, -0.15) is 0 Å². The summed E-state index contributed by atoms with van der Waals surface area (Å²) in [5.41, 5.74) is 2.74. The molecule has 2 bridgehead atoms. The third-order valence-corrected chi connectivity index (χ3v) is 5.50. The van der Waals surface area contributed by atoms with Crippen molar-refractivity contribution in [2.24, 2.45) is 5.92 Å². The van der Waals surface area contributed by atoms with Crippen molar-refractivity contribution in [2.45, 2.75) is 25.4 Å². The fourth-order valence-corrected chi connectivity index (χ4v) is 4.18. The first-order valence-corrected chi connectivity index (χ1v) is 8.94. The summed E-state index contributed by atoms with van der Waals surface area (Å²) in [5, 5.41) is 0.817. The summed E-state index contributed by atoms with van der Waals surface area (Å²) in [7, 11) is 0. The van der Waals surface area contributed by atoms with E-state index in [9.17, 15) is 0 Å². The zero-order valence-electron chi connectivity index (χ0n) is 13.4. The molecule has 2 unspecified atom stereocenters. The lowest BCUT2D eigenvalue weighted by Crippen LogP contribution is -2.43. The Balaban J connectivity index is 1.51. The molecule has 23 heavy (non-hydrogen) atoms. The maximum Gasteiger partial charge on any atom is 0.0407 e. The van der Waals surface area contributed by atoms with Gasteiger partial charge in [0.2, 0.25) is 0 Å². The van der Waals surface area contributed by atoms with Crippen LogP contribution in [0.1, 0.15) is 18.4 Å². The zero-order valence-corrected chi connectivity index (χ0v) is 14.1. The molecule has 0 saturated carbocycles. The third kappa shape index (κ3) is 3.39. The highest BCUT2D eigenvalue weighted by Crippen LogP contribution is 2.32. The molecule has 0 N–H and O–H groups in total. The molecule has 2 aromatic rings. The third-order valence-electron chi connectivity index (χ3n) is 5.25. The van der Waals surface area contributed by atoms with Gasteiger partial charge in [-0.1, -0.05) is 41.9 Å². The van der Waals surface area contributed by atoms with Gasteiger partial charge >= 0.3 is 0 Å². The Bertz CT molecular complexity index is 640. The van der Waals surface area contributed by atoms with Crippen molar-refractivity contribution < 1.29 is 0 Å². The quantitative estimate of drug-likeness (QED) is 0.822. The molecule has 3 aliphatic rings. The number of anilines is 1. The van der Waals surface area contributed by atoms with E-state index in [4.69, 9.17) is 11.6 Å². The van der Waals surface area contributed by atoms with Gasteiger partial charge in [0.15, 0.2) is 0 Å². The lowest BCUT2D eigenvalue weighted by molar-refractivity contribution is 0.126. The number of fused-ring (bicyclic) bond motifs is 4. The maximum absolute atomic E-state index is 6.04. The number of piperidine rings is 1.